The van der Waals surface area contributed by atoms with E-state index in [0.717, 1.165) is 57.6 Å². The average molecular weight is 360 g/mol. The van der Waals surface area contributed by atoms with Crippen LogP contribution in [0.2, 0.25) is 0 Å². The molecule has 0 spiro atoms. The van der Waals surface area contributed by atoms with Crippen LogP contribution in [0.15, 0.2) is 18.2 Å². The lowest BCUT2D eigenvalue weighted by molar-refractivity contribution is -0.122. The molecule has 5 heteroatoms. The fourth-order valence-electron chi connectivity index (χ4n) is 3.89. The number of benzene rings is 1. The molecule has 26 heavy (non-hydrogen) atoms. The lowest BCUT2D eigenvalue weighted by Gasteiger charge is -2.32. The second-order valence-electron chi connectivity index (χ2n) is 8.23. The van der Waals surface area contributed by atoms with Gasteiger partial charge in [-0.15, -0.1) is 0 Å². The number of ether oxygens (including phenoxy) is 1. The number of piperidine rings is 1. The maximum Gasteiger partial charge on any atom is 0.234 e. The molecule has 1 fully saturated rings. The van der Waals surface area contributed by atoms with E-state index in [1.807, 2.05) is 0 Å². The number of hydrogen-bond acceptors (Lipinski definition) is 4. The minimum atomic E-state index is -0.0951. The molecule has 2 heterocycles. The van der Waals surface area contributed by atoms with Gasteiger partial charge in [-0.05, 0) is 38.7 Å². The van der Waals surface area contributed by atoms with Gasteiger partial charge < -0.3 is 15.4 Å². The Balaban J connectivity index is 1.44. The van der Waals surface area contributed by atoms with Gasteiger partial charge in [-0.2, -0.15) is 0 Å². The fraction of sp³-hybridized carbons (Fsp3) is 0.667. The van der Waals surface area contributed by atoms with Gasteiger partial charge in [0.05, 0.1) is 6.54 Å². The molecule has 1 saturated heterocycles. The van der Waals surface area contributed by atoms with Gasteiger partial charge in [0.25, 0.3) is 0 Å². The number of nitrogens with one attached hydrogen (secondary N) is 2. The first-order valence-electron chi connectivity index (χ1n) is 9.99. The summed E-state index contributed by atoms with van der Waals surface area (Å²) in [5.41, 5.74) is 2.49. The Kier molecular flexibility index (Phi) is 6.20. The number of carbonyl (C=O) groups is 1. The van der Waals surface area contributed by atoms with Crippen molar-refractivity contribution in [1.82, 2.24) is 15.5 Å². The van der Waals surface area contributed by atoms with Gasteiger partial charge >= 0.3 is 0 Å². The van der Waals surface area contributed by atoms with Crippen LogP contribution in [-0.4, -0.2) is 48.6 Å². The summed E-state index contributed by atoms with van der Waals surface area (Å²) in [5, 5.41) is 6.65. The Hall–Kier alpha value is -1.59. The molecule has 0 aromatic heterocycles. The molecule has 3 rings (SSSR count). The van der Waals surface area contributed by atoms with E-state index in [0.29, 0.717) is 12.6 Å². The minimum absolute atomic E-state index is 0.0951. The first kappa shape index (κ1) is 19.2. The number of carbonyl (C=O) groups excluding carboxylic acids is 1. The van der Waals surface area contributed by atoms with Crippen molar-refractivity contribution in [1.29, 1.82) is 0 Å². The van der Waals surface area contributed by atoms with Gasteiger partial charge in [0, 0.05) is 44.2 Å². The van der Waals surface area contributed by atoms with Crippen molar-refractivity contribution in [3.05, 3.63) is 29.3 Å². The molecule has 144 valence electrons. The SMILES string of the molecule is CCCNC(=O)CN1CCC(NCc2cccc3c2OC(C)(C)C3)CC1. The van der Waals surface area contributed by atoms with Crippen molar-refractivity contribution in [2.24, 2.45) is 0 Å². The van der Waals surface area contributed by atoms with E-state index in [2.05, 4.69) is 54.5 Å². The Morgan fingerprint density at radius 1 is 1.31 bits per heavy atom. The zero-order valence-corrected chi connectivity index (χ0v) is 16.4. The van der Waals surface area contributed by atoms with E-state index in [4.69, 9.17) is 4.74 Å². The number of hydrogen-bond donors (Lipinski definition) is 2. The molecular formula is C21H33N3O2. The third kappa shape index (κ3) is 4.98. The van der Waals surface area contributed by atoms with Crippen molar-refractivity contribution in [2.45, 2.75) is 64.6 Å². The summed E-state index contributed by atoms with van der Waals surface area (Å²) in [7, 11) is 0. The first-order valence-corrected chi connectivity index (χ1v) is 9.99. The number of rotatable bonds is 7. The molecule has 0 aliphatic carbocycles. The largest absolute Gasteiger partial charge is 0.487 e. The van der Waals surface area contributed by atoms with Crippen molar-refractivity contribution in [3.8, 4) is 5.75 Å². The van der Waals surface area contributed by atoms with Gasteiger partial charge in [-0.25, -0.2) is 0 Å². The molecule has 0 unspecified atom stereocenters. The highest BCUT2D eigenvalue weighted by atomic mass is 16.5. The van der Waals surface area contributed by atoms with Crippen molar-refractivity contribution in [2.75, 3.05) is 26.2 Å². The highest BCUT2D eigenvalue weighted by molar-refractivity contribution is 5.77. The summed E-state index contributed by atoms with van der Waals surface area (Å²) in [4.78, 5) is 14.1. The van der Waals surface area contributed by atoms with Crippen LogP contribution in [0.25, 0.3) is 0 Å². The zero-order valence-electron chi connectivity index (χ0n) is 16.4. The highest BCUT2D eigenvalue weighted by Gasteiger charge is 2.31. The van der Waals surface area contributed by atoms with Crippen LogP contribution in [0.3, 0.4) is 0 Å². The summed E-state index contributed by atoms with van der Waals surface area (Å²) in [6, 6.07) is 6.99. The maximum atomic E-state index is 11.8. The number of fused-ring (bicyclic) bond motifs is 1. The monoisotopic (exact) mass is 359 g/mol. The van der Waals surface area contributed by atoms with Gasteiger partial charge in [-0.1, -0.05) is 25.1 Å². The summed E-state index contributed by atoms with van der Waals surface area (Å²) in [6.07, 6.45) is 4.14. The molecule has 0 saturated carbocycles. The van der Waals surface area contributed by atoms with Crippen LogP contribution in [0.5, 0.6) is 5.75 Å². The van der Waals surface area contributed by atoms with E-state index in [9.17, 15) is 4.79 Å². The summed E-state index contributed by atoms with van der Waals surface area (Å²) < 4.78 is 6.17. The molecule has 0 atom stereocenters. The molecule has 2 aliphatic heterocycles. The van der Waals surface area contributed by atoms with E-state index in [1.54, 1.807) is 0 Å². The second kappa shape index (κ2) is 8.40. The third-order valence-corrected chi connectivity index (χ3v) is 5.28. The van der Waals surface area contributed by atoms with Gasteiger partial charge in [-0.3, -0.25) is 9.69 Å². The molecule has 1 aromatic carbocycles. The molecule has 2 aliphatic rings. The van der Waals surface area contributed by atoms with Crippen LogP contribution in [0, 0.1) is 0 Å². The zero-order chi connectivity index (χ0) is 18.6. The quantitative estimate of drug-likeness (QED) is 0.785. The van der Waals surface area contributed by atoms with E-state index < -0.39 is 0 Å². The van der Waals surface area contributed by atoms with Gasteiger partial charge in [0.15, 0.2) is 0 Å². The molecular weight excluding hydrogens is 326 g/mol. The lowest BCUT2D eigenvalue weighted by Crippen LogP contribution is -2.46. The summed E-state index contributed by atoms with van der Waals surface area (Å²) >= 11 is 0. The van der Waals surface area contributed by atoms with Gasteiger partial charge in [0.2, 0.25) is 5.91 Å². The maximum absolute atomic E-state index is 11.8. The molecule has 1 aromatic rings. The van der Waals surface area contributed by atoms with E-state index in [-0.39, 0.29) is 11.5 Å². The molecule has 5 nitrogen and oxygen atoms in total. The smallest absolute Gasteiger partial charge is 0.234 e. The fourth-order valence-corrected chi connectivity index (χ4v) is 3.89. The topological polar surface area (TPSA) is 53.6 Å². The van der Waals surface area contributed by atoms with Crippen LogP contribution >= 0.6 is 0 Å². The Bertz CT molecular complexity index is 622. The molecule has 0 radical (unpaired) electrons. The van der Waals surface area contributed by atoms with Crippen LogP contribution < -0.4 is 15.4 Å². The van der Waals surface area contributed by atoms with E-state index >= 15 is 0 Å². The second-order valence-corrected chi connectivity index (χ2v) is 8.23. The predicted molar refractivity (Wildman–Crippen MR) is 104 cm³/mol. The molecule has 0 bridgehead atoms. The van der Waals surface area contributed by atoms with E-state index in [1.165, 1.54) is 11.1 Å². The number of likely N-dealkylation sites (tertiary alicyclic amines) is 1. The number of amides is 1. The van der Waals surface area contributed by atoms with Crippen molar-refractivity contribution < 1.29 is 9.53 Å². The minimum Gasteiger partial charge on any atom is -0.487 e. The molecule has 2 N–H and O–H groups in total. The van der Waals surface area contributed by atoms with Gasteiger partial charge in [0.1, 0.15) is 11.4 Å². The number of para-hydroxylation sites is 1. The number of nitrogens with zero attached hydrogens (tertiary/aromatic N) is 1. The highest BCUT2D eigenvalue weighted by Crippen LogP contribution is 2.37. The van der Waals surface area contributed by atoms with Crippen molar-refractivity contribution >= 4 is 5.91 Å². The third-order valence-electron chi connectivity index (χ3n) is 5.28. The predicted octanol–water partition coefficient (Wildman–Crippen LogP) is 2.48. The lowest BCUT2D eigenvalue weighted by atomic mass is 10.00. The molecule has 1 amide bonds. The Labute approximate surface area is 157 Å². The van der Waals surface area contributed by atoms with Crippen LogP contribution in [0.4, 0.5) is 0 Å². The Morgan fingerprint density at radius 3 is 2.81 bits per heavy atom. The van der Waals surface area contributed by atoms with Crippen LogP contribution in [0.1, 0.15) is 51.2 Å². The van der Waals surface area contributed by atoms with Crippen LogP contribution in [-0.2, 0) is 17.8 Å². The normalized spacial score (nSPS) is 19.8. The summed E-state index contributed by atoms with van der Waals surface area (Å²) in [6.45, 7) is 10.5. The Morgan fingerprint density at radius 2 is 2.08 bits per heavy atom. The first-order chi connectivity index (χ1) is 12.5. The van der Waals surface area contributed by atoms with Crippen molar-refractivity contribution in [3.63, 3.8) is 0 Å². The standard InChI is InChI=1S/C21H33N3O2/c1-4-10-22-19(25)15-24-11-8-18(9-12-24)23-14-17-7-5-6-16-13-21(2,3)26-20(16)17/h5-7,18,23H,4,8-15H2,1-3H3,(H,22,25). The summed E-state index contributed by atoms with van der Waals surface area (Å²) in [5.74, 6) is 1.23. The average Bonchev–Trinajstić information content (AvgIpc) is 2.93.